The summed E-state index contributed by atoms with van der Waals surface area (Å²) in [5.41, 5.74) is 6.65. The molecule has 2 N–H and O–H groups in total. The number of amides is 1. The molecule has 0 atom stereocenters. The molecule has 0 radical (unpaired) electrons. The van der Waals surface area contributed by atoms with E-state index in [0.717, 1.165) is 10.0 Å². The third kappa shape index (κ3) is 4.65. The van der Waals surface area contributed by atoms with Crippen molar-refractivity contribution in [3.05, 3.63) is 33.8 Å². The molecule has 1 amide bonds. The van der Waals surface area contributed by atoms with E-state index >= 15 is 0 Å². The number of methoxy groups -OCH3 is 1. The van der Waals surface area contributed by atoms with Crippen LogP contribution in [0.5, 0.6) is 0 Å². The van der Waals surface area contributed by atoms with Crippen LogP contribution in [0.25, 0.3) is 0 Å². The van der Waals surface area contributed by atoms with Crippen LogP contribution >= 0.6 is 15.9 Å². The van der Waals surface area contributed by atoms with Gasteiger partial charge < -0.3 is 10.5 Å². The van der Waals surface area contributed by atoms with E-state index in [9.17, 15) is 9.59 Å². The predicted octanol–water partition coefficient (Wildman–Crippen LogP) is 1.54. The predicted molar refractivity (Wildman–Crippen MR) is 75.6 cm³/mol. The third-order valence-corrected chi connectivity index (χ3v) is 3.43. The number of hydrogen-bond donors (Lipinski definition) is 1. The first kappa shape index (κ1) is 15.7. The van der Waals surface area contributed by atoms with Crippen LogP contribution in [0, 0.1) is 0 Å². The summed E-state index contributed by atoms with van der Waals surface area (Å²) in [5.74, 6) is -0.735. The highest BCUT2D eigenvalue weighted by Gasteiger charge is 2.12. The van der Waals surface area contributed by atoms with Gasteiger partial charge in [-0.1, -0.05) is 28.9 Å². The molecule has 6 heteroatoms. The Morgan fingerprint density at radius 1 is 1.42 bits per heavy atom. The molecular weight excluding hydrogens is 312 g/mol. The lowest BCUT2D eigenvalue weighted by Gasteiger charge is -2.19. The Morgan fingerprint density at radius 3 is 2.58 bits per heavy atom. The molecule has 0 saturated carbocycles. The van der Waals surface area contributed by atoms with Crippen molar-refractivity contribution in [1.29, 1.82) is 0 Å². The van der Waals surface area contributed by atoms with Crippen LogP contribution in [0.2, 0.25) is 0 Å². The summed E-state index contributed by atoms with van der Waals surface area (Å²) in [5, 5.41) is 0. The average Bonchev–Trinajstić information content (AvgIpc) is 2.38. The molecule has 19 heavy (non-hydrogen) atoms. The fourth-order valence-electron chi connectivity index (χ4n) is 1.66. The van der Waals surface area contributed by atoms with Gasteiger partial charge in [0.05, 0.1) is 19.2 Å². The summed E-state index contributed by atoms with van der Waals surface area (Å²) in [6, 6.07) is 5.24. The Balaban J connectivity index is 2.84. The first-order valence-electron chi connectivity index (χ1n) is 5.85. The van der Waals surface area contributed by atoms with Gasteiger partial charge in [-0.15, -0.1) is 0 Å². The van der Waals surface area contributed by atoms with Crippen molar-refractivity contribution in [2.75, 3.05) is 20.2 Å². The van der Waals surface area contributed by atoms with Gasteiger partial charge in [0.2, 0.25) is 5.91 Å². The summed E-state index contributed by atoms with van der Waals surface area (Å²) >= 11 is 3.42. The molecule has 0 unspecified atom stereocenters. The van der Waals surface area contributed by atoms with Crippen molar-refractivity contribution in [2.24, 2.45) is 5.73 Å². The maximum atomic E-state index is 11.4. The molecular formula is C13H17BrN2O3. The smallest absolute Gasteiger partial charge is 0.337 e. The SMILES string of the molecule is CCN(CC(N)=O)Cc1ccc(C(=O)OC)cc1Br. The molecule has 0 saturated heterocycles. The van der Waals surface area contributed by atoms with E-state index in [-0.39, 0.29) is 18.4 Å². The first-order chi connectivity index (χ1) is 8.97. The molecule has 1 aromatic rings. The third-order valence-electron chi connectivity index (χ3n) is 2.69. The Kier molecular flexibility index (Phi) is 5.98. The Morgan fingerprint density at radius 2 is 2.11 bits per heavy atom. The van der Waals surface area contributed by atoms with E-state index in [1.807, 2.05) is 17.9 Å². The standard InChI is InChI=1S/C13H17BrN2O3/c1-3-16(8-12(15)17)7-10-5-4-9(6-11(10)14)13(18)19-2/h4-6H,3,7-8H2,1-2H3,(H2,15,17). The lowest BCUT2D eigenvalue weighted by Crippen LogP contribution is -2.33. The molecule has 0 bridgehead atoms. The maximum absolute atomic E-state index is 11.4. The minimum absolute atomic E-state index is 0.210. The number of nitrogens with zero attached hydrogens (tertiary/aromatic N) is 1. The highest BCUT2D eigenvalue weighted by Crippen LogP contribution is 2.20. The number of nitrogens with two attached hydrogens (primary N) is 1. The molecule has 0 aliphatic rings. The van der Waals surface area contributed by atoms with Gasteiger partial charge in [-0.05, 0) is 24.2 Å². The quantitative estimate of drug-likeness (QED) is 0.804. The van der Waals surface area contributed by atoms with Crippen molar-refractivity contribution in [2.45, 2.75) is 13.5 Å². The molecule has 0 aromatic heterocycles. The molecule has 1 aromatic carbocycles. The number of halogens is 1. The van der Waals surface area contributed by atoms with Crippen LogP contribution in [0.15, 0.2) is 22.7 Å². The lowest BCUT2D eigenvalue weighted by atomic mass is 10.1. The molecule has 0 spiro atoms. The fourth-order valence-corrected chi connectivity index (χ4v) is 2.17. The molecule has 104 valence electrons. The van der Waals surface area contributed by atoms with Crippen LogP contribution < -0.4 is 5.73 Å². The van der Waals surface area contributed by atoms with Crippen molar-refractivity contribution in [3.63, 3.8) is 0 Å². The number of carbonyl (C=O) groups is 2. The number of likely N-dealkylation sites (N-methyl/N-ethyl adjacent to an activating group) is 1. The summed E-state index contributed by atoms with van der Waals surface area (Å²) in [6.45, 7) is 3.47. The highest BCUT2D eigenvalue weighted by molar-refractivity contribution is 9.10. The summed E-state index contributed by atoms with van der Waals surface area (Å²) < 4.78 is 5.46. The second kappa shape index (κ2) is 7.25. The van der Waals surface area contributed by atoms with Gasteiger partial charge in [0, 0.05) is 11.0 Å². The minimum Gasteiger partial charge on any atom is -0.465 e. The van der Waals surface area contributed by atoms with Gasteiger partial charge in [-0.3, -0.25) is 9.69 Å². The van der Waals surface area contributed by atoms with Gasteiger partial charge in [0.15, 0.2) is 0 Å². The van der Waals surface area contributed by atoms with E-state index in [4.69, 9.17) is 5.73 Å². The van der Waals surface area contributed by atoms with Crippen LogP contribution in [0.1, 0.15) is 22.8 Å². The van der Waals surface area contributed by atoms with Crippen molar-refractivity contribution in [3.8, 4) is 0 Å². The number of esters is 1. The Bertz CT molecular complexity index is 477. The fraction of sp³-hybridized carbons (Fsp3) is 0.385. The monoisotopic (exact) mass is 328 g/mol. The maximum Gasteiger partial charge on any atom is 0.337 e. The van der Waals surface area contributed by atoms with E-state index in [1.54, 1.807) is 12.1 Å². The number of benzene rings is 1. The number of primary amides is 1. The van der Waals surface area contributed by atoms with Gasteiger partial charge in [0.25, 0.3) is 0 Å². The zero-order valence-corrected chi connectivity index (χ0v) is 12.6. The van der Waals surface area contributed by atoms with E-state index in [2.05, 4.69) is 20.7 Å². The molecule has 0 heterocycles. The Labute approximate surface area is 120 Å². The topological polar surface area (TPSA) is 72.6 Å². The van der Waals surface area contributed by atoms with Gasteiger partial charge in [-0.2, -0.15) is 0 Å². The molecule has 0 aliphatic carbocycles. The van der Waals surface area contributed by atoms with Crippen molar-refractivity contribution >= 4 is 27.8 Å². The molecule has 5 nitrogen and oxygen atoms in total. The highest BCUT2D eigenvalue weighted by atomic mass is 79.9. The summed E-state index contributed by atoms with van der Waals surface area (Å²) in [6.07, 6.45) is 0. The summed E-state index contributed by atoms with van der Waals surface area (Å²) in [4.78, 5) is 24.2. The summed E-state index contributed by atoms with van der Waals surface area (Å²) in [7, 11) is 1.34. The van der Waals surface area contributed by atoms with Crippen molar-refractivity contribution < 1.29 is 14.3 Å². The van der Waals surface area contributed by atoms with E-state index in [1.165, 1.54) is 7.11 Å². The Hall–Kier alpha value is -1.40. The van der Waals surface area contributed by atoms with Crippen LogP contribution in [-0.4, -0.2) is 37.0 Å². The van der Waals surface area contributed by atoms with Crippen LogP contribution in [-0.2, 0) is 16.1 Å². The van der Waals surface area contributed by atoms with E-state index < -0.39 is 0 Å². The zero-order chi connectivity index (χ0) is 14.4. The molecule has 1 rings (SSSR count). The van der Waals surface area contributed by atoms with Gasteiger partial charge in [-0.25, -0.2) is 4.79 Å². The number of ether oxygens (including phenoxy) is 1. The van der Waals surface area contributed by atoms with E-state index in [0.29, 0.717) is 18.7 Å². The second-order valence-corrected chi connectivity index (χ2v) is 4.92. The number of hydrogen-bond acceptors (Lipinski definition) is 4. The normalized spacial score (nSPS) is 10.5. The van der Waals surface area contributed by atoms with Gasteiger partial charge >= 0.3 is 5.97 Å². The van der Waals surface area contributed by atoms with Crippen LogP contribution in [0.4, 0.5) is 0 Å². The first-order valence-corrected chi connectivity index (χ1v) is 6.64. The largest absolute Gasteiger partial charge is 0.465 e. The molecule has 0 aliphatic heterocycles. The second-order valence-electron chi connectivity index (χ2n) is 4.07. The zero-order valence-electron chi connectivity index (χ0n) is 11.0. The minimum atomic E-state index is -0.378. The van der Waals surface area contributed by atoms with Gasteiger partial charge in [0.1, 0.15) is 0 Å². The number of carbonyl (C=O) groups excluding carboxylic acids is 2. The lowest BCUT2D eigenvalue weighted by molar-refractivity contribution is -0.119. The molecule has 0 fully saturated rings. The average molecular weight is 329 g/mol. The number of rotatable bonds is 6. The van der Waals surface area contributed by atoms with Crippen molar-refractivity contribution in [1.82, 2.24) is 4.90 Å². The van der Waals surface area contributed by atoms with Crippen LogP contribution in [0.3, 0.4) is 0 Å².